The number of aryl methyl sites for hydroxylation is 1. The van der Waals surface area contributed by atoms with Gasteiger partial charge in [0.15, 0.2) is 0 Å². The summed E-state index contributed by atoms with van der Waals surface area (Å²) in [7, 11) is 3.45. The molecule has 2 amide bonds. The molecule has 2 atom stereocenters. The molecular weight excluding hydrogens is 294 g/mol. The molecule has 2 fully saturated rings. The van der Waals surface area contributed by atoms with Gasteiger partial charge in [-0.25, -0.2) is 0 Å². The van der Waals surface area contributed by atoms with Gasteiger partial charge in [-0.1, -0.05) is 6.92 Å². The van der Waals surface area contributed by atoms with Crippen LogP contribution in [0, 0.1) is 0 Å². The van der Waals surface area contributed by atoms with Gasteiger partial charge >= 0.3 is 0 Å². The number of carbonyl (C=O) groups is 2. The van der Waals surface area contributed by atoms with Crippen molar-refractivity contribution in [1.82, 2.24) is 14.7 Å². The van der Waals surface area contributed by atoms with Crippen LogP contribution in [-0.2, 0) is 22.6 Å². The second kappa shape index (κ2) is 6.35. The van der Waals surface area contributed by atoms with Crippen LogP contribution in [0.5, 0.6) is 0 Å². The van der Waals surface area contributed by atoms with Crippen LogP contribution in [0.2, 0.25) is 0 Å². The molecule has 2 saturated heterocycles. The highest BCUT2D eigenvalue weighted by molar-refractivity contribution is 5.86. The second-order valence-electron chi connectivity index (χ2n) is 6.63. The van der Waals surface area contributed by atoms with Crippen LogP contribution in [-0.4, -0.2) is 65.8 Å². The molecule has 126 valence electrons. The van der Waals surface area contributed by atoms with Crippen LogP contribution < -0.4 is 0 Å². The number of carbonyl (C=O) groups excluding carboxylic acids is 2. The molecule has 0 saturated carbocycles. The molecule has 0 spiro atoms. The Morgan fingerprint density at radius 1 is 1.30 bits per heavy atom. The number of likely N-dealkylation sites (N-methyl/N-ethyl adjacent to an activating group) is 1. The Bertz CT molecular complexity index is 596. The predicted molar refractivity (Wildman–Crippen MR) is 85.7 cm³/mol. The smallest absolute Gasteiger partial charge is 0.241 e. The molecule has 0 radical (unpaired) electrons. The van der Waals surface area contributed by atoms with Crippen molar-refractivity contribution in [1.29, 1.82) is 0 Å². The van der Waals surface area contributed by atoms with Crippen LogP contribution in [0.25, 0.3) is 0 Å². The van der Waals surface area contributed by atoms with Crippen molar-refractivity contribution >= 4 is 11.8 Å². The van der Waals surface area contributed by atoms with Crippen LogP contribution in [0.1, 0.15) is 31.3 Å². The lowest BCUT2D eigenvalue weighted by Gasteiger charge is -2.25. The number of nitrogens with zero attached hydrogens (tertiary/aromatic N) is 3. The fourth-order valence-electron chi connectivity index (χ4n) is 3.60. The Morgan fingerprint density at radius 3 is 2.70 bits per heavy atom. The highest BCUT2D eigenvalue weighted by Crippen LogP contribution is 2.33. The van der Waals surface area contributed by atoms with E-state index in [0.717, 1.165) is 37.5 Å². The van der Waals surface area contributed by atoms with E-state index >= 15 is 0 Å². The molecule has 2 aliphatic heterocycles. The van der Waals surface area contributed by atoms with Gasteiger partial charge in [-0.15, -0.1) is 0 Å². The van der Waals surface area contributed by atoms with Gasteiger partial charge in [0.05, 0.1) is 6.54 Å². The number of hydrogen-bond donors (Lipinski definition) is 0. The Kier molecular flexibility index (Phi) is 4.43. The molecule has 23 heavy (non-hydrogen) atoms. The monoisotopic (exact) mass is 319 g/mol. The molecule has 1 aromatic rings. The number of furan rings is 1. The van der Waals surface area contributed by atoms with Gasteiger partial charge < -0.3 is 14.2 Å². The summed E-state index contributed by atoms with van der Waals surface area (Å²) < 4.78 is 5.79. The number of amides is 2. The van der Waals surface area contributed by atoms with E-state index in [2.05, 4.69) is 11.8 Å². The van der Waals surface area contributed by atoms with E-state index in [1.807, 2.05) is 12.1 Å². The van der Waals surface area contributed by atoms with Crippen LogP contribution in [0.3, 0.4) is 0 Å². The predicted octanol–water partition coefficient (Wildman–Crippen LogP) is 1.11. The average molecular weight is 319 g/mol. The Labute approximate surface area is 137 Å². The molecule has 3 heterocycles. The van der Waals surface area contributed by atoms with E-state index < -0.39 is 0 Å². The maximum Gasteiger partial charge on any atom is 0.241 e. The summed E-state index contributed by atoms with van der Waals surface area (Å²) in [5.41, 5.74) is 0. The highest BCUT2D eigenvalue weighted by Gasteiger charge is 2.47. The summed E-state index contributed by atoms with van der Waals surface area (Å²) in [6.07, 6.45) is 2.33. The standard InChI is InChI=1S/C17H25N3O3/c1-4-12-5-6-13(23-12)10-19-8-7-14-15(19)9-16(21)20(14)11-17(22)18(2)3/h5-6,14-15H,4,7-11H2,1-3H3/t14-,15+/m0/s1. The molecule has 6 nitrogen and oxygen atoms in total. The zero-order valence-electron chi connectivity index (χ0n) is 14.1. The third kappa shape index (κ3) is 3.13. The Hall–Kier alpha value is -1.82. The van der Waals surface area contributed by atoms with Gasteiger partial charge in [-0.05, 0) is 18.6 Å². The minimum atomic E-state index is -0.0175. The third-order valence-electron chi connectivity index (χ3n) is 4.96. The van der Waals surface area contributed by atoms with Crippen molar-refractivity contribution in [3.63, 3.8) is 0 Å². The normalized spacial score (nSPS) is 24.3. The van der Waals surface area contributed by atoms with Crippen LogP contribution >= 0.6 is 0 Å². The van der Waals surface area contributed by atoms with Gasteiger partial charge in [0.2, 0.25) is 11.8 Å². The molecule has 1 aromatic heterocycles. The summed E-state index contributed by atoms with van der Waals surface area (Å²) in [4.78, 5) is 29.9. The maximum absolute atomic E-state index is 12.3. The van der Waals surface area contributed by atoms with E-state index in [4.69, 9.17) is 4.42 Å². The highest BCUT2D eigenvalue weighted by atomic mass is 16.3. The first kappa shape index (κ1) is 16.1. The lowest BCUT2D eigenvalue weighted by atomic mass is 10.1. The van der Waals surface area contributed by atoms with Crippen LogP contribution in [0.4, 0.5) is 0 Å². The maximum atomic E-state index is 12.3. The van der Waals surface area contributed by atoms with Crippen molar-refractivity contribution in [3.8, 4) is 0 Å². The summed E-state index contributed by atoms with van der Waals surface area (Å²) >= 11 is 0. The number of hydrogen-bond acceptors (Lipinski definition) is 4. The van der Waals surface area contributed by atoms with Crippen molar-refractivity contribution < 1.29 is 14.0 Å². The van der Waals surface area contributed by atoms with E-state index in [-0.39, 0.29) is 30.4 Å². The first-order valence-electron chi connectivity index (χ1n) is 8.31. The molecule has 0 N–H and O–H groups in total. The number of fused-ring (bicyclic) bond motifs is 1. The first-order valence-corrected chi connectivity index (χ1v) is 8.31. The molecule has 6 heteroatoms. The van der Waals surface area contributed by atoms with Crippen molar-refractivity contribution in [2.75, 3.05) is 27.2 Å². The number of rotatable bonds is 5. The van der Waals surface area contributed by atoms with Gasteiger partial charge in [0.1, 0.15) is 18.1 Å². The minimum absolute atomic E-state index is 0.0175. The van der Waals surface area contributed by atoms with Gasteiger partial charge in [0, 0.05) is 45.6 Å². The fraction of sp³-hybridized carbons (Fsp3) is 0.647. The van der Waals surface area contributed by atoms with Crippen LogP contribution in [0.15, 0.2) is 16.5 Å². The second-order valence-corrected chi connectivity index (χ2v) is 6.63. The zero-order valence-corrected chi connectivity index (χ0v) is 14.1. The molecule has 3 rings (SSSR count). The minimum Gasteiger partial charge on any atom is -0.465 e. The average Bonchev–Trinajstić information content (AvgIpc) is 3.19. The fourth-order valence-corrected chi connectivity index (χ4v) is 3.60. The Morgan fingerprint density at radius 2 is 2.04 bits per heavy atom. The topological polar surface area (TPSA) is 57.0 Å². The lowest BCUT2D eigenvalue weighted by molar-refractivity contribution is -0.138. The molecular formula is C17H25N3O3. The summed E-state index contributed by atoms with van der Waals surface area (Å²) in [5, 5.41) is 0. The van der Waals surface area contributed by atoms with E-state index in [0.29, 0.717) is 6.42 Å². The van der Waals surface area contributed by atoms with E-state index in [9.17, 15) is 9.59 Å². The lowest BCUT2D eigenvalue weighted by Crippen LogP contribution is -2.43. The third-order valence-corrected chi connectivity index (χ3v) is 4.96. The molecule has 0 aromatic carbocycles. The molecule has 0 aliphatic carbocycles. The molecule has 0 unspecified atom stereocenters. The summed E-state index contributed by atoms with van der Waals surface area (Å²) in [5.74, 6) is 2.03. The van der Waals surface area contributed by atoms with Gasteiger partial charge in [0.25, 0.3) is 0 Å². The van der Waals surface area contributed by atoms with Crippen molar-refractivity contribution in [2.24, 2.45) is 0 Å². The SMILES string of the molecule is CCc1ccc(CN2CC[C@H]3[C@H]2CC(=O)N3CC(=O)N(C)C)o1. The zero-order chi connectivity index (χ0) is 16.6. The summed E-state index contributed by atoms with van der Waals surface area (Å²) in [6, 6.07) is 4.40. The van der Waals surface area contributed by atoms with E-state index in [1.165, 1.54) is 0 Å². The van der Waals surface area contributed by atoms with Crippen molar-refractivity contribution in [2.45, 2.75) is 44.8 Å². The van der Waals surface area contributed by atoms with Gasteiger partial charge in [-0.2, -0.15) is 0 Å². The van der Waals surface area contributed by atoms with Gasteiger partial charge in [-0.3, -0.25) is 14.5 Å². The Balaban J connectivity index is 1.65. The largest absolute Gasteiger partial charge is 0.465 e. The van der Waals surface area contributed by atoms with E-state index in [1.54, 1.807) is 23.9 Å². The molecule has 2 aliphatic rings. The van der Waals surface area contributed by atoms with Crippen molar-refractivity contribution in [3.05, 3.63) is 23.7 Å². The quantitative estimate of drug-likeness (QED) is 0.816. The summed E-state index contributed by atoms with van der Waals surface area (Å²) in [6.45, 7) is 3.95. The first-order chi connectivity index (χ1) is 11.0. The molecule has 0 bridgehead atoms. The number of likely N-dealkylation sites (tertiary alicyclic amines) is 2.